The number of fused-ring (bicyclic) bond motifs is 5. The standard InChI is InChI=1S/C27H44ClNO2/c1-16-5-8-23(29(28)15-16)17(2)25-24(31)14-22-20-7-6-18-13-19(30)9-11-26(18,3)21(20)10-12-27(22,25)4/h6,16-17,19-25,30-31H,5,7-15H2,1-4H3/t16?,17?,19?,20-,21+,22+,23?,24?,25?,26+,27+/m1/s1. The molecule has 31 heavy (non-hydrogen) atoms. The highest BCUT2D eigenvalue weighted by atomic mass is 35.5. The van der Waals surface area contributed by atoms with Crippen LogP contribution in [0.1, 0.15) is 85.5 Å². The largest absolute Gasteiger partial charge is 0.393 e. The molecule has 6 unspecified atom stereocenters. The molecule has 0 aromatic carbocycles. The summed E-state index contributed by atoms with van der Waals surface area (Å²) in [7, 11) is 0. The lowest BCUT2D eigenvalue weighted by molar-refractivity contribution is -0.0692. The van der Waals surface area contributed by atoms with Crippen LogP contribution in [-0.4, -0.2) is 39.4 Å². The van der Waals surface area contributed by atoms with E-state index in [1.807, 2.05) is 0 Å². The van der Waals surface area contributed by atoms with Crippen LogP contribution >= 0.6 is 11.8 Å². The first kappa shape index (κ1) is 22.7. The van der Waals surface area contributed by atoms with Gasteiger partial charge in [-0.15, -0.1) is 0 Å². The number of piperidine rings is 1. The van der Waals surface area contributed by atoms with Crippen molar-refractivity contribution in [1.29, 1.82) is 0 Å². The Balaban J connectivity index is 1.40. The first-order valence-electron chi connectivity index (χ1n) is 13.1. The van der Waals surface area contributed by atoms with Gasteiger partial charge in [0.15, 0.2) is 0 Å². The molecule has 5 aliphatic rings. The van der Waals surface area contributed by atoms with Gasteiger partial charge in [-0.1, -0.05) is 39.3 Å². The highest BCUT2D eigenvalue weighted by Gasteiger charge is 2.62. The first-order valence-corrected chi connectivity index (χ1v) is 13.5. The summed E-state index contributed by atoms with van der Waals surface area (Å²) in [5.74, 6) is 3.48. The molecular formula is C27H44ClNO2. The molecular weight excluding hydrogens is 406 g/mol. The fourth-order valence-corrected chi connectivity index (χ4v) is 10.0. The smallest absolute Gasteiger partial charge is 0.0579 e. The van der Waals surface area contributed by atoms with Crippen molar-refractivity contribution in [3.05, 3.63) is 11.6 Å². The maximum absolute atomic E-state index is 11.4. The minimum absolute atomic E-state index is 0.139. The van der Waals surface area contributed by atoms with Crippen molar-refractivity contribution in [2.75, 3.05) is 6.54 Å². The fraction of sp³-hybridized carbons (Fsp3) is 0.926. The zero-order valence-corrected chi connectivity index (χ0v) is 20.8. The lowest BCUT2D eigenvalue weighted by Crippen LogP contribution is -2.52. The van der Waals surface area contributed by atoms with E-state index >= 15 is 0 Å². The summed E-state index contributed by atoms with van der Waals surface area (Å²) < 4.78 is 2.08. The average molecular weight is 450 g/mol. The number of rotatable bonds is 2. The molecule has 0 radical (unpaired) electrons. The third-order valence-electron chi connectivity index (χ3n) is 11.2. The summed E-state index contributed by atoms with van der Waals surface area (Å²) >= 11 is 6.76. The van der Waals surface area contributed by atoms with E-state index in [2.05, 4.69) is 38.2 Å². The van der Waals surface area contributed by atoms with Gasteiger partial charge in [0.2, 0.25) is 0 Å². The van der Waals surface area contributed by atoms with Gasteiger partial charge >= 0.3 is 0 Å². The van der Waals surface area contributed by atoms with Crippen molar-refractivity contribution in [1.82, 2.24) is 4.42 Å². The molecule has 11 atom stereocenters. The molecule has 4 heteroatoms. The topological polar surface area (TPSA) is 43.7 Å². The van der Waals surface area contributed by atoms with E-state index < -0.39 is 0 Å². The summed E-state index contributed by atoms with van der Waals surface area (Å²) in [6, 6.07) is 0.390. The van der Waals surface area contributed by atoms with Gasteiger partial charge in [0, 0.05) is 12.6 Å². The molecule has 0 amide bonds. The number of aliphatic hydroxyl groups excluding tert-OH is 2. The van der Waals surface area contributed by atoms with Crippen LogP contribution in [0.3, 0.4) is 0 Å². The van der Waals surface area contributed by atoms with E-state index in [4.69, 9.17) is 11.8 Å². The van der Waals surface area contributed by atoms with Crippen LogP contribution in [0.4, 0.5) is 0 Å². The minimum atomic E-state index is -0.195. The second kappa shape index (κ2) is 8.00. The zero-order chi connectivity index (χ0) is 22.1. The Bertz CT molecular complexity index is 726. The number of halogens is 1. The number of hydrogen-bond donors (Lipinski definition) is 2. The van der Waals surface area contributed by atoms with Crippen LogP contribution in [-0.2, 0) is 0 Å². The van der Waals surface area contributed by atoms with Gasteiger partial charge in [-0.3, -0.25) is 0 Å². The average Bonchev–Trinajstić information content (AvgIpc) is 2.98. The molecule has 176 valence electrons. The Morgan fingerprint density at radius 2 is 1.87 bits per heavy atom. The Labute approximate surface area is 194 Å². The van der Waals surface area contributed by atoms with Gasteiger partial charge in [0.05, 0.1) is 12.2 Å². The van der Waals surface area contributed by atoms with Gasteiger partial charge in [0.1, 0.15) is 0 Å². The third kappa shape index (κ3) is 3.47. The van der Waals surface area contributed by atoms with E-state index in [0.717, 1.165) is 51.0 Å². The molecule has 2 N–H and O–H groups in total. The third-order valence-corrected chi connectivity index (χ3v) is 11.6. The number of hydrogen-bond acceptors (Lipinski definition) is 3. The Hall–Kier alpha value is -0.0900. The number of nitrogens with zero attached hydrogens (tertiary/aromatic N) is 1. The van der Waals surface area contributed by atoms with E-state index in [0.29, 0.717) is 35.6 Å². The molecule has 4 fully saturated rings. The SMILES string of the molecule is CC1CCC(C(C)C2C(O)C[C@H]3[C@@H]4CC=C5CC(O)CC[C@]5(C)[C@H]4CC[C@]23C)N(Cl)C1. The zero-order valence-electron chi connectivity index (χ0n) is 20.1. The summed E-state index contributed by atoms with van der Waals surface area (Å²) in [4.78, 5) is 0. The highest BCUT2D eigenvalue weighted by Crippen LogP contribution is 2.67. The van der Waals surface area contributed by atoms with E-state index in [9.17, 15) is 10.2 Å². The number of allylic oxidation sites excluding steroid dienone is 1. The van der Waals surface area contributed by atoms with Crippen molar-refractivity contribution < 1.29 is 10.2 Å². The summed E-state index contributed by atoms with van der Waals surface area (Å²) in [5, 5.41) is 21.7. The van der Waals surface area contributed by atoms with E-state index in [1.165, 1.54) is 24.8 Å². The fourth-order valence-electron chi connectivity index (χ4n) is 9.52. The summed E-state index contributed by atoms with van der Waals surface area (Å²) in [6.45, 7) is 10.7. The van der Waals surface area contributed by atoms with Crippen molar-refractivity contribution in [3.63, 3.8) is 0 Å². The Morgan fingerprint density at radius 3 is 2.61 bits per heavy atom. The van der Waals surface area contributed by atoms with E-state index in [-0.39, 0.29) is 23.0 Å². The Kier molecular flexibility index (Phi) is 5.85. The van der Waals surface area contributed by atoms with Gasteiger partial charge < -0.3 is 10.2 Å². The molecule has 0 bridgehead atoms. The van der Waals surface area contributed by atoms with Crippen LogP contribution in [0.15, 0.2) is 11.6 Å². The Morgan fingerprint density at radius 1 is 1.10 bits per heavy atom. The van der Waals surface area contributed by atoms with Gasteiger partial charge in [-0.2, -0.15) is 0 Å². The van der Waals surface area contributed by atoms with Crippen LogP contribution in [0.25, 0.3) is 0 Å². The second-order valence-corrected chi connectivity index (χ2v) is 13.2. The monoisotopic (exact) mass is 449 g/mol. The first-order chi connectivity index (χ1) is 14.6. The molecule has 5 rings (SSSR count). The van der Waals surface area contributed by atoms with Gasteiger partial charge in [-0.05, 0) is 116 Å². The van der Waals surface area contributed by atoms with Gasteiger partial charge in [-0.25, -0.2) is 4.42 Å². The predicted molar refractivity (Wildman–Crippen MR) is 126 cm³/mol. The van der Waals surface area contributed by atoms with Crippen LogP contribution in [0.5, 0.6) is 0 Å². The molecule has 3 saturated carbocycles. The predicted octanol–water partition coefficient (Wildman–Crippen LogP) is 5.79. The lowest BCUT2D eigenvalue weighted by Gasteiger charge is -2.58. The quantitative estimate of drug-likeness (QED) is 0.414. The van der Waals surface area contributed by atoms with Gasteiger partial charge in [0.25, 0.3) is 0 Å². The molecule has 1 saturated heterocycles. The van der Waals surface area contributed by atoms with Crippen LogP contribution in [0, 0.1) is 46.3 Å². The van der Waals surface area contributed by atoms with Crippen LogP contribution < -0.4 is 0 Å². The molecule has 4 aliphatic carbocycles. The van der Waals surface area contributed by atoms with Crippen molar-refractivity contribution >= 4 is 11.8 Å². The molecule has 0 spiro atoms. The molecule has 0 aromatic heterocycles. The summed E-state index contributed by atoms with van der Waals surface area (Å²) in [5.41, 5.74) is 2.02. The molecule has 3 nitrogen and oxygen atoms in total. The molecule has 0 aromatic rings. The van der Waals surface area contributed by atoms with E-state index in [1.54, 1.807) is 0 Å². The molecule has 1 heterocycles. The number of aliphatic hydroxyl groups is 2. The van der Waals surface area contributed by atoms with Crippen molar-refractivity contribution in [2.45, 2.75) is 104 Å². The lowest BCUT2D eigenvalue weighted by atomic mass is 9.47. The molecule has 1 aliphatic heterocycles. The normalized spacial score (nSPS) is 53.8. The highest BCUT2D eigenvalue weighted by molar-refractivity contribution is 6.13. The minimum Gasteiger partial charge on any atom is -0.393 e. The van der Waals surface area contributed by atoms with Crippen molar-refractivity contribution in [3.8, 4) is 0 Å². The maximum Gasteiger partial charge on any atom is 0.0579 e. The maximum atomic E-state index is 11.4. The summed E-state index contributed by atoms with van der Waals surface area (Å²) in [6.07, 6.45) is 12.2. The van der Waals surface area contributed by atoms with Crippen LogP contribution in [0.2, 0.25) is 0 Å². The van der Waals surface area contributed by atoms with Crippen molar-refractivity contribution in [2.24, 2.45) is 46.3 Å². The second-order valence-electron chi connectivity index (χ2n) is 12.7.